The summed E-state index contributed by atoms with van der Waals surface area (Å²) in [7, 11) is 3.34. The van der Waals surface area contributed by atoms with E-state index in [9.17, 15) is 4.79 Å². The van der Waals surface area contributed by atoms with Crippen molar-refractivity contribution in [1.29, 1.82) is 0 Å². The first-order valence-corrected chi connectivity index (χ1v) is 9.01. The number of nitrogens with one attached hydrogen (secondary N) is 1. The van der Waals surface area contributed by atoms with Crippen molar-refractivity contribution in [1.82, 2.24) is 14.9 Å². The van der Waals surface area contributed by atoms with Crippen LogP contribution in [-0.4, -0.2) is 55.5 Å². The van der Waals surface area contributed by atoms with E-state index in [1.165, 1.54) is 7.11 Å². The Bertz CT molecular complexity index is 592. The lowest BCUT2D eigenvalue weighted by atomic mass is 9.62. The summed E-state index contributed by atoms with van der Waals surface area (Å²) in [6, 6.07) is 0. The molecular formula is C16H24BrN3O4. The molecule has 2 aliphatic heterocycles. The number of esters is 1. The van der Waals surface area contributed by atoms with Crippen LogP contribution in [0.25, 0.3) is 0 Å². The number of aryl methyl sites for hydroxylation is 1. The number of nitrogens with zero attached hydrogens (tertiary/aromatic N) is 2. The average Bonchev–Trinajstić information content (AvgIpc) is 2.93. The molecule has 3 rings (SSSR count). The second kappa shape index (κ2) is 7.11. The molecule has 1 aromatic rings. The lowest BCUT2D eigenvalue weighted by Gasteiger charge is -2.54. The van der Waals surface area contributed by atoms with Gasteiger partial charge >= 0.3 is 5.97 Å². The normalized spacial score (nSPS) is 26.5. The zero-order valence-electron chi connectivity index (χ0n) is 14.1. The lowest BCUT2D eigenvalue weighted by Crippen LogP contribution is -2.61. The van der Waals surface area contributed by atoms with Crippen molar-refractivity contribution in [3.05, 3.63) is 16.6 Å². The highest BCUT2D eigenvalue weighted by molar-refractivity contribution is 9.10. The monoisotopic (exact) mass is 401 g/mol. The predicted molar refractivity (Wildman–Crippen MR) is 90.5 cm³/mol. The maximum atomic E-state index is 11.8. The van der Waals surface area contributed by atoms with Crippen LogP contribution in [-0.2, 0) is 31.7 Å². The number of rotatable bonds is 4. The number of aromatic nitrogens is 2. The number of hydrogen-bond donors (Lipinski definition) is 1. The molecule has 3 heterocycles. The third-order valence-electron chi connectivity index (χ3n) is 5.30. The largest absolute Gasteiger partial charge is 0.467 e. The number of hydrogen-bond acceptors (Lipinski definition) is 6. The van der Waals surface area contributed by atoms with Gasteiger partial charge in [0.2, 0.25) is 0 Å². The molecular weight excluding hydrogens is 378 g/mol. The first-order valence-electron chi connectivity index (χ1n) is 8.22. The number of carbonyl (C=O) groups excluding carboxylic acids is 1. The highest BCUT2D eigenvalue weighted by Gasteiger charge is 2.57. The van der Waals surface area contributed by atoms with Gasteiger partial charge in [0.25, 0.3) is 0 Å². The van der Waals surface area contributed by atoms with Crippen LogP contribution >= 0.6 is 15.9 Å². The zero-order chi connectivity index (χ0) is 17.2. The Kier molecular flexibility index (Phi) is 5.29. The highest BCUT2D eigenvalue weighted by atomic mass is 79.9. The minimum absolute atomic E-state index is 0.0798. The minimum atomic E-state index is -0.642. The van der Waals surface area contributed by atoms with E-state index in [0.29, 0.717) is 13.2 Å². The molecule has 2 aliphatic rings. The smallest absolute Gasteiger partial charge is 0.331 e. The van der Waals surface area contributed by atoms with Crippen LogP contribution in [0.4, 0.5) is 0 Å². The summed E-state index contributed by atoms with van der Waals surface area (Å²) in [4.78, 5) is 16.5. The summed E-state index contributed by atoms with van der Waals surface area (Å²) < 4.78 is 19.5. The molecule has 8 heteroatoms. The molecule has 0 amide bonds. The summed E-state index contributed by atoms with van der Waals surface area (Å²) in [5.41, 5.74) is -0.799. The number of halogens is 1. The van der Waals surface area contributed by atoms with Crippen LogP contribution in [0.1, 0.15) is 25.1 Å². The molecule has 2 saturated heterocycles. The molecule has 24 heavy (non-hydrogen) atoms. The van der Waals surface area contributed by atoms with Crippen LogP contribution in [0, 0.1) is 5.41 Å². The minimum Gasteiger partial charge on any atom is -0.467 e. The quantitative estimate of drug-likeness (QED) is 0.767. The standard InChI is InChI=1S/C16H24BrN3O4/c1-20-9-12(17)19-14(20)16(24-10-13(21)22-2)3-6-18-11-15(16)4-7-23-8-5-15/h9,18H,3-8,10-11H2,1-2H3. The van der Waals surface area contributed by atoms with E-state index < -0.39 is 5.60 Å². The first-order chi connectivity index (χ1) is 11.5. The molecule has 0 radical (unpaired) electrons. The van der Waals surface area contributed by atoms with Crippen molar-refractivity contribution in [3.63, 3.8) is 0 Å². The SMILES string of the molecule is COC(=O)COC1(c2nc(Br)cn2C)CCNCC12CCOCC2. The van der Waals surface area contributed by atoms with E-state index in [0.717, 1.165) is 42.8 Å². The number of piperidine rings is 1. The topological polar surface area (TPSA) is 74.6 Å². The second-order valence-electron chi connectivity index (χ2n) is 6.51. The Morgan fingerprint density at radius 2 is 2.21 bits per heavy atom. The van der Waals surface area contributed by atoms with Gasteiger partial charge in [-0.2, -0.15) is 0 Å². The van der Waals surface area contributed by atoms with Crippen molar-refractivity contribution in [3.8, 4) is 0 Å². The third-order valence-corrected chi connectivity index (χ3v) is 5.68. The molecule has 1 N–H and O–H groups in total. The van der Waals surface area contributed by atoms with Gasteiger partial charge in [0.05, 0.1) is 7.11 Å². The Morgan fingerprint density at radius 3 is 2.83 bits per heavy atom. The molecule has 1 aromatic heterocycles. The van der Waals surface area contributed by atoms with Crippen LogP contribution < -0.4 is 5.32 Å². The van der Waals surface area contributed by atoms with Crippen LogP contribution in [0.15, 0.2) is 10.8 Å². The predicted octanol–water partition coefficient (Wildman–Crippen LogP) is 1.36. The van der Waals surface area contributed by atoms with Gasteiger partial charge in [0.15, 0.2) is 0 Å². The molecule has 0 aliphatic carbocycles. The molecule has 0 bridgehead atoms. The van der Waals surface area contributed by atoms with Crippen LogP contribution in [0.3, 0.4) is 0 Å². The summed E-state index contributed by atoms with van der Waals surface area (Å²) >= 11 is 3.46. The number of ether oxygens (including phenoxy) is 3. The van der Waals surface area contributed by atoms with Gasteiger partial charge < -0.3 is 24.1 Å². The molecule has 2 fully saturated rings. The molecule has 1 unspecified atom stereocenters. The van der Waals surface area contributed by atoms with E-state index in [-0.39, 0.29) is 18.0 Å². The summed E-state index contributed by atoms with van der Waals surface area (Å²) in [6.07, 6.45) is 4.41. The maximum Gasteiger partial charge on any atom is 0.331 e. The number of imidazole rings is 1. The summed E-state index contributed by atoms with van der Waals surface area (Å²) in [5, 5.41) is 3.50. The lowest BCUT2D eigenvalue weighted by molar-refractivity contribution is -0.202. The Labute approximate surface area is 150 Å². The maximum absolute atomic E-state index is 11.8. The fraction of sp³-hybridized carbons (Fsp3) is 0.750. The average molecular weight is 402 g/mol. The molecule has 0 aromatic carbocycles. The van der Waals surface area contributed by atoms with Gasteiger partial charge in [-0.3, -0.25) is 0 Å². The molecule has 7 nitrogen and oxygen atoms in total. The Hall–Kier alpha value is -0.960. The highest BCUT2D eigenvalue weighted by Crippen LogP contribution is 2.52. The van der Waals surface area contributed by atoms with Gasteiger partial charge in [-0.1, -0.05) is 0 Å². The van der Waals surface area contributed by atoms with Gasteiger partial charge in [-0.15, -0.1) is 0 Å². The van der Waals surface area contributed by atoms with E-state index in [1.54, 1.807) is 0 Å². The van der Waals surface area contributed by atoms with Gasteiger partial charge in [0, 0.05) is 38.4 Å². The fourth-order valence-electron chi connectivity index (χ4n) is 4.03. The van der Waals surface area contributed by atoms with Crippen molar-refractivity contribution in [2.45, 2.75) is 24.9 Å². The van der Waals surface area contributed by atoms with Gasteiger partial charge in [0.1, 0.15) is 22.6 Å². The van der Waals surface area contributed by atoms with Gasteiger partial charge in [-0.25, -0.2) is 9.78 Å². The summed E-state index contributed by atoms with van der Waals surface area (Å²) in [5.74, 6) is 0.477. The van der Waals surface area contributed by atoms with Crippen molar-refractivity contribution < 1.29 is 19.0 Å². The molecule has 134 valence electrons. The third kappa shape index (κ3) is 3.00. The number of carbonyl (C=O) groups is 1. The van der Waals surface area contributed by atoms with E-state index >= 15 is 0 Å². The molecule has 0 saturated carbocycles. The van der Waals surface area contributed by atoms with E-state index in [4.69, 9.17) is 19.2 Å². The second-order valence-corrected chi connectivity index (χ2v) is 7.32. The Morgan fingerprint density at radius 1 is 1.46 bits per heavy atom. The van der Waals surface area contributed by atoms with Crippen molar-refractivity contribution in [2.24, 2.45) is 12.5 Å². The first kappa shape index (κ1) is 17.8. The van der Waals surface area contributed by atoms with Gasteiger partial charge in [-0.05, 0) is 41.7 Å². The van der Waals surface area contributed by atoms with E-state index in [2.05, 4.69) is 21.2 Å². The zero-order valence-corrected chi connectivity index (χ0v) is 15.7. The molecule has 1 spiro atoms. The number of methoxy groups -OCH3 is 1. The van der Waals surface area contributed by atoms with Crippen LogP contribution in [0.5, 0.6) is 0 Å². The fourth-order valence-corrected chi connectivity index (χ4v) is 4.50. The van der Waals surface area contributed by atoms with Crippen LogP contribution in [0.2, 0.25) is 0 Å². The summed E-state index contributed by atoms with van der Waals surface area (Å²) in [6.45, 7) is 2.94. The Balaban J connectivity index is 2.05. The van der Waals surface area contributed by atoms with E-state index in [1.807, 2.05) is 17.8 Å². The molecule has 1 atom stereocenters. The van der Waals surface area contributed by atoms with Crippen molar-refractivity contribution in [2.75, 3.05) is 40.0 Å². The van der Waals surface area contributed by atoms with Crippen molar-refractivity contribution >= 4 is 21.9 Å².